The Morgan fingerprint density at radius 2 is 0.607 bits per heavy atom. The average Bonchev–Trinajstić information content (AvgIpc) is 3.19. The van der Waals surface area contributed by atoms with Crippen LogP contribution >= 0.6 is 0 Å². The van der Waals surface area contributed by atoms with Crippen molar-refractivity contribution < 1.29 is 28.6 Å². The lowest BCUT2D eigenvalue weighted by molar-refractivity contribution is -0.167. The van der Waals surface area contributed by atoms with Gasteiger partial charge in [0.05, 0.1) is 0 Å². The Balaban J connectivity index is 4.13. The van der Waals surface area contributed by atoms with E-state index in [9.17, 15) is 14.4 Å². The second-order valence-electron chi connectivity index (χ2n) is 16.4. The summed E-state index contributed by atoms with van der Waals surface area (Å²) in [6.07, 6.45) is 50.5. The molecule has 0 bridgehead atoms. The van der Waals surface area contributed by atoms with Crippen LogP contribution in [0.2, 0.25) is 0 Å². The second-order valence-corrected chi connectivity index (χ2v) is 16.4. The summed E-state index contributed by atoms with van der Waals surface area (Å²) in [4.78, 5) is 37.6. The molecule has 0 fully saturated rings. The first kappa shape index (κ1) is 53.9. The maximum absolute atomic E-state index is 12.7. The summed E-state index contributed by atoms with van der Waals surface area (Å²) < 4.78 is 16.6. The predicted octanol–water partition coefficient (Wildman–Crippen LogP) is 15.6. The quantitative estimate of drug-likeness (QED) is 0.0265. The van der Waals surface area contributed by atoms with Crippen LogP contribution < -0.4 is 0 Å². The van der Waals surface area contributed by atoms with Gasteiger partial charge in [-0.3, -0.25) is 14.4 Å². The molecule has 0 aromatic carbocycles. The number of rotatable bonds is 44. The summed E-state index contributed by atoms with van der Waals surface area (Å²) in [6, 6.07) is 0. The van der Waals surface area contributed by atoms with Crippen LogP contribution in [0.4, 0.5) is 0 Å². The highest BCUT2D eigenvalue weighted by Gasteiger charge is 2.19. The van der Waals surface area contributed by atoms with Gasteiger partial charge >= 0.3 is 17.9 Å². The Labute approximate surface area is 347 Å². The molecule has 0 spiro atoms. The third-order valence-electron chi connectivity index (χ3n) is 10.7. The number of carbonyl (C=O) groups excluding carboxylic acids is 3. The minimum absolute atomic E-state index is 0.0737. The third-order valence-corrected chi connectivity index (χ3v) is 10.7. The molecule has 0 saturated carbocycles. The van der Waals surface area contributed by atoms with Gasteiger partial charge in [-0.2, -0.15) is 0 Å². The summed E-state index contributed by atoms with van der Waals surface area (Å²) in [5, 5.41) is 0. The van der Waals surface area contributed by atoms with Crippen molar-refractivity contribution in [3.8, 4) is 0 Å². The highest BCUT2D eigenvalue weighted by Crippen LogP contribution is 2.15. The minimum atomic E-state index is -0.768. The lowest BCUT2D eigenvalue weighted by Crippen LogP contribution is -2.30. The zero-order valence-corrected chi connectivity index (χ0v) is 37.4. The number of unbranched alkanes of at least 4 members (excludes halogenated alkanes) is 29. The smallest absolute Gasteiger partial charge is 0.306 e. The zero-order valence-electron chi connectivity index (χ0n) is 37.4. The van der Waals surface area contributed by atoms with Gasteiger partial charge in [0.15, 0.2) is 6.10 Å². The summed E-state index contributed by atoms with van der Waals surface area (Å²) in [5.41, 5.74) is 0. The second kappa shape index (κ2) is 45.6. The molecule has 6 heteroatoms. The van der Waals surface area contributed by atoms with Crippen molar-refractivity contribution in [2.45, 2.75) is 264 Å². The Hall–Kier alpha value is -2.11. The Morgan fingerprint density at radius 1 is 0.339 bits per heavy atom. The van der Waals surface area contributed by atoms with Crippen LogP contribution in [0.3, 0.4) is 0 Å². The van der Waals surface area contributed by atoms with Gasteiger partial charge in [-0.25, -0.2) is 0 Å². The maximum atomic E-state index is 12.7. The van der Waals surface area contributed by atoms with Gasteiger partial charge in [0.25, 0.3) is 0 Å². The molecule has 0 aromatic heterocycles. The predicted molar refractivity (Wildman–Crippen MR) is 238 cm³/mol. The van der Waals surface area contributed by atoms with Crippen LogP contribution in [0.5, 0.6) is 0 Å². The molecule has 6 nitrogen and oxygen atoms in total. The summed E-state index contributed by atoms with van der Waals surface area (Å²) >= 11 is 0. The molecule has 0 aromatic rings. The molecule has 0 rings (SSSR count). The molecule has 0 aliphatic rings. The first-order valence-corrected chi connectivity index (χ1v) is 24.3. The molecule has 56 heavy (non-hydrogen) atoms. The van der Waals surface area contributed by atoms with E-state index in [0.717, 1.165) is 70.6 Å². The van der Waals surface area contributed by atoms with Crippen LogP contribution in [0.1, 0.15) is 258 Å². The van der Waals surface area contributed by atoms with Crippen molar-refractivity contribution in [3.05, 3.63) is 24.3 Å². The lowest BCUT2D eigenvalue weighted by Gasteiger charge is -2.18. The standard InChI is InChI=1S/C50H92O6/c1-4-7-10-13-16-18-20-21-22-23-24-25-26-27-28-29-31-32-34-37-40-43-49(52)55-46-47(45-54-48(51)42-39-36-15-12-9-6-3)56-50(53)44-41-38-35-33-30-19-17-14-11-8-5-2/h14,17,23-24,47H,4-13,15-16,18-22,25-46H2,1-3H3/b17-14-,24-23-. The molecule has 0 amide bonds. The van der Waals surface area contributed by atoms with Gasteiger partial charge in [0.1, 0.15) is 13.2 Å². The number of allylic oxidation sites excluding steroid dienone is 4. The number of esters is 3. The molecule has 1 atom stereocenters. The van der Waals surface area contributed by atoms with Crippen molar-refractivity contribution >= 4 is 17.9 Å². The molecule has 0 heterocycles. The fourth-order valence-electron chi connectivity index (χ4n) is 6.95. The number of ether oxygens (including phenoxy) is 3. The lowest BCUT2D eigenvalue weighted by atomic mass is 10.1. The highest BCUT2D eigenvalue weighted by atomic mass is 16.6. The van der Waals surface area contributed by atoms with E-state index in [0.29, 0.717) is 19.3 Å². The average molecular weight is 789 g/mol. The number of hydrogen-bond donors (Lipinski definition) is 0. The van der Waals surface area contributed by atoms with E-state index >= 15 is 0 Å². The van der Waals surface area contributed by atoms with Gasteiger partial charge in [-0.15, -0.1) is 0 Å². The van der Waals surface area contributed by atoms with E-state index in [1.54, 1.807) is 0 Å². The molecule has 0 aliphatic carbocycles. The van der Waals surface area contributed by atoms with E-state index in [-0.39, 0.29) is 31.1 Å². The van der Waals surface area contributed by atoms with Crippen LogP contribution in [0.15, 0.2) is 24.3 Å². The van der Waals surface area contributed by atoms with Crippen LogP contribution in [-0.4, -0.2) is 37.2 Å². The van der Waals surface area contributed by atoms with Crippen molar-refractivity contribution in [3.63, 3.8) is 0 Å². The van der Waals surface area contributed by atoms with E-state index < -0.39 is 6.10 Å². The van der Waals surface area contributed by atoms with E-state index in [2.05, 4.69) is 45.1 Å². The van der Waals surface area contributed by atoms with Crippen LogP contribution in [-0.2, 0) is 28.6 Å². The maximum Gasteiger partial charge on any atom is 0.306 e. The van der Waals surface area contributed by atoms with Crippen molar-refractivity contribution in [2.75, 3.05) is 13.2 Å². The minimum Gasteiger partial charge on any atom is -0.462 e. The van der Waals surface area contributed by atoms with Gasteiger partial charge in [0.2, 0.25) is 0 Å². The molecule has 1 unspecified atom stereocenters. The fourth-order valence-corrected chi connectivity index (χ4v) is 6.95. The van der Waals surface area contributed by atoms with Gasteiger partial charge < -0.3 is 14.2 Å². The fraction of sp³-hybridized carbons (Fsp3) is 0.860. The molecular weight excluding hydrogens is 697 g/mol. The molecule has 328 valence electrons. The van der Waals surface area contributed by atoms with Gasteiger partial charge in [-0.1, -0.05) is 199 Å². The third kappa shape index (κ3) is 43.0. The molecule has 0 saturated heterocycles. The Morgan fingerprint density at radius 3 is 0.946 bits per heavy atom. The first-order valence-electron chi connectivity index (χ1n) is 24.3. The van der Waals surface area contributed by atoms with E-state index in [1.165, 1.54) is 148 Å². The monoisotopic (exact) mass is 789 g/mol. The normalized spacial score (nSPS) is 12.1. The van der Waals surface area contributed by atoms with Crippen LogP contribution in [0.25, 0.3) is 0 Å². The zero-order chi connectivity index (χ0) is 40.8. The largest absolute Gasteiger partial charge is 0.462 e. The summed E-state index contributed by atoms with van der Waals surface area (Å²) in [7, 11) is 0. The van der Waals surface area contributed by atoms with Crippen molar-refractivity contribution in [1.82, 2.24) is 0 Å². The Bertz CT molecular complexity index is 911. The van der Waals surface area contributed by atoms with Gasteiger partial charge in [-0.05, 0) is 64.2 Å². The Kier molecular flexibility index (Phi) is 43.9. The molecule has 0 aliphatic heterocycles. The SMILES string of the molecule is CCCC/C=C\CCCCCCCC(=O)OC(COC(=O)CCCCCCCC)COC(=O)CCCCCCCCCCC/C=C\CCCCCCCCCC. The van der Waals surface area contributed by atoms with Crippen molar-refractivity contribution in [2.24, 2.45) is 0 Å². The molecule has 0 radical (unpaired) electrons. The highest BCUT2D eigenvalue weighted by molar-refractivity contribution is 5.71. The van der Waals surface area contributed by atoms with E-state index in [4.69, 9.17) is 14.2 Å². The first-order chi connectivity index (χ1) is 27.5. The molecule has 0 N–H and O–H groups in total. The topological polar surface area (TPSA) is 78.9 Å². The van der Waals surface area contributed by atoms with Gasteiger partial charge in [0, 0.05) is 19.3 Å². The van der Waals surface area contributed by atoms with Crippen LogP contribution in [0, 0.1) is 0 Å². The number of carbonyl (C=O) groups is 3. The van der Waals surface area contributed by atoms with E-state index in [1.807, 2.05) is 0 Å². The molecular formula is C50H92O6. The summed E-state index contributed by atoms with van der Waals surface area (Å²) in [6.45, 7) is 6.54. The van der Waals surface area contributed by atoms with Crippen molar-refractivity contribution in [1.29, 1.82) is 0 Å². The summed E-state index contributed by atoms with van der Waals surface area (Å²) in [5.74, 6) is -0.889. The number of hydrogen-bond acceptors (Lipinski definition) is 6.